The molecule has 2 aromatic rings. The Morgan fingerprint density at radius 2 is 1.95 bits per heavy atom. The summed E-state index contributed by atoms with van der Waals surface area (Å²) in [7, 11) is -4.31. The fourth-order valence-electron chi connectivity index (χ4n) is 1.82. The third-order valence-electron chi connectivity index (χ3n) is 2.74. The number of hydrogen-bond acceptors (Lipinski definition) is 4. The highest BCUT2D eigenvalue weighted by Gasteiger charge is 2.28. The monoisotopic (exact) mass is 392 g/mol. The standard InChI is InChI=1S/C13H11BrF2N2O3S/c14-9-5-11(8-17-7-9)18(3-4-19)22(20,21)13-2-1-10(15)6-12(13)16/h1-2,5-8,19H,3-4H2. The molecule has 0 atom stereocenters. The molecule has 9 heteroatoms. The number of nitrogens with zero attached hydrogens (tertiary/aromatic N) is 2. The summed E-state index contributed by atoms with van der Waals surface area (Å²) in [6, 6.07) is 3.65. The number of aromatic nitrogens is 1. The lowest BCUT2D eigenvalue weighted by atomic mass is 10.3. The smallest absolute Gasteiger partial charge is 0.267 e. The van der Waals surface area contributed by atoms with E-state index in [1.165, 1.54) is 18.5 Å². The van der Waals surface area contributed by atoms with Gasteiger partial charge in [0.15, 0.2) is 0 Å². The molecular weight excluding hydrogens is 382 g/mol. The normalized spacial score (nSPS) is 11.5. The molecule has 0 saturated carbocycles. The van der Waals surface area contributed by atoms with Crippen LogP contribution in [0.25, 0.3) is 0 Å². The lowest BCUT2D eigenvalue weighted by Crippen LogP contribution is -2.34. The SMILES string of the molecule is O=S(=O)(c1ccc(F)cc1F)N(CCO)c1cncc(Br)c1. The summed E-state index contributed by atoms with van der Waals surface area (Å²) in [6.07, 6.45) is 2.71. The second-order valence-corrected chi connectivity index (χ2v) is 6.98. The van der Waals surface area contributed by atoms with Crippen LogP contribution in [0.4, 0.5) is 14.5 Å². The molecule has 1 aromatic carbocycles. The van der Waals surface area contributed by atoms with E-state index in [0.29, 0.717) is 10.5 Å². The van der Waals surface area contributed by atoms with E-state index in [0.717, 1.165) is 16.4 Å². The number of aliphatic hydroxyl groups excluding tert-OH is 1. The highest BCUT2D eigenvalue weighted by atomic mass is 79.9. The molecule has 22 heavy (non-hydrogen) atoms. The first-order valence-electron chi connectivity index (χ1n) is 6.05. The number of hydrogen-bond donors (Lipinski definition) is 1. The minimum Gasteiger partial charge on any atom is -0.394 e. The van der Waals surface area contributed by atoms with Gasteiger partial charge < -0.3 is 5.11 Å². The van der Waals surface area contributed by atoms with Crippen molar-refractivity contribution in [3.8, 4) is 0 Å². The van der Waals surface area contributed by atoms with Crippen LogP contribution in [0.2, 0.25) is 0 Å². The lowest BCUT2D eigenvalue weighted by molar-refractivity contribution is 0.306. The average molecular weight is 393 g/mol. The molecule has 1 heterocycles. The summed E-state index contributed by atoms with van der Waals surface area (Å²) < 4.78 is 53.2. The molecule has 1 N–H and O–H groups in total. The van der Waals surface area contributed by atoms with Crippen molar-refractivity contribution in [1.29, 1.82) is 0 Å². The van der Waals surface area contributed by atoms with Crippen LogP contribution in [0.3, 0.4) is 0 Å². The van der Waals surface area contributed by atoms with Crippen LogP contribution in [0.1, 0.15) is 0 Å². The Bertz CT molecular complexity index is 787. The van der Waals surface area contributed by atoms with E-state index in [9.17, 15) is 17.2 Å². The molecule has 0 aliphatic rings. The number of anilines is 1. The molecule has 0 spiro atoms. The first-order valence-corrected chi connectivity index (χ1v) is 8.29. The molecule has 1 aromatic heterocycles. The van der Waals surface area contributed by atoms with E-state index in [4.69, 9.17) is 5.11 Å². The predicted molar refractivity (Wildman–Crippen MR) is 79.9 cm³/mol. The zero-order valence-corrected chi connectivity index (χ0v) is 13.5. The number of sulfonamides is 1. The van der Waals surface area contributed by atoms with Gasteiger partial charge in [-0.1, -0.05) is 0 Å². The van der Waals surface area contributed by atoms with Crippen LogP contribution in [0.5, 0.6) is 0 Å². The van der Waals surface area contributed by atoms with Crippen molar-refractivity contribution < 1.29 is 22.3 Å². The zero-order chi connectivity index (χ0) is 16.3. The Balaban J connectivity index is 2.55. The minimum atomic E-state index is -4.31. The van der Waals surface area contributed by atoms with Crippen LogP contribution in [0.15, 0.2) is 46.0 Å². The lowest BCUT2D eigenvalue weighted by Gasteiger charge is -2.23. The summed E-state index contributed by atoms with van der Waals surface area (Å²) in [4.78, 5) is 3.16. The Kier molecular flexibility index (Phi) is 5.09. The van der Waals surface area contributed by atoms with Crippen molar-refractivity contribution >= 4 is 31.6 Å². The van der Waals surface area contributed by atoms with Gasteiger partial charge in [0.05, 0.1) is 25.0 Å². The topological polar surface area (TPSA) is 70.5 Å². The van der Waals surface area contributed by atoms with Gasteiger partial charge in [0.2, 0.25) is 0 Å². The van der Waals surface area contributed by atoms with Gasteiger partial charge in [-0.15, -0.1) is 0 Å². The Morgan fingerprint density at radius 3 is 2.55 bits per heavy atom. The number of rotatable bonds is 5. The van der Waals surface area contributed by atoms with E-state index >= 15 is 0 Å². The van der Waals surface area contributed by atoms with E-state index in [1.54, 1.807) is 0 Å². The molecule has 118 valence electrons. The molecule has 0 aliphatic carbocycles. The number of benzene rings is 1. The van der Waals surface area contributed by atoms with Gasteiger partial charge in [0.1, 0.15) is 16.5 Å². The predicted octanol–water partition coefficient (Wildman–Crippen LogP) is 2.31. The van der Waals surface area contributed by atoms with Crippen molar-refractivity contribution in [2.45, 2.75) is 4.90 Å². The third kappa shape index (κ3) is 3.42. The fourth-order valence-corrected chi connectivity index (χ4v) is 3.65. The molecule has 0 radical (unpaired) electrons. The summed E-state index contributed by atoms with van der Waals surface area (Å²) in [5, 5.41) is 9.10. The summed E-state index contributed by atoms with van der Waals surface area (Å²) in [6.45, 7) is -0.772. The van der Waals surface area contributed by atoms with Crippen LogP contribution in [-0.4, -0.2) is 31.7 Å². The molecule has 0 saturated heterocycles. The van der Waals surface area contributed by atoms with Crippen LogP contribution in [0, 0.1) is 11.6 Å². The minimum absolute atomic E-state index is 0.146. The Morgan fingerprint density at radius 1 is 1.23 bits per heavy atom. The molecule has 5 nitrogen and oxygen atoms in total. The first kappa shape index (κ1) is 16.8. The maximum Gasteiger partial charge on any atom is 0.267 e. The third-order valence-corrected chi connectivity index (χ3v) is 5.04. The quantitative estimate of drug-likeness (QED) is 0.847. The second kappa shape index (κ2) is 6.67. The van der Waals surface area contributed by atoms with Crippen molar-refractivity contribution in [3.63, 3.8) is 0 Å². The summed E-state index contributed by atoms with van der Waals surface area (Å²) in [5.41, 5.74) is 0.146. The molecule has 0 aliphatic heterocycles. The Labute approximate surface area is 134 Å². The van der Waals surface area contributed by atoms with E-state index in [1.807, 2.05) is 0 Å². The molecule has 2 rings (SSSR count). The van der Waals surface area contributed by atoms with Gasteiger partial charge in [0, 0.05) is 16.7 Å². The fraction of sp³-hybridized carbons (Fsp3) is 0.154. The van der Waals surface area contributed by atoms with Gasteiger partial charge >= 0.3 is 0 Å². The highest BCUT2D eigenvalue weighted by molar-refractivity contribution is 9.10. The maximum atomic E-state index is 13.8. The molecule has 0 fully saturated rings. The van der Waals surface area contributed by atoms with Crippen LogP contribution < -0.4 is 4.31 Å². The van der Waals surface area contributed by atoms with Gasteiger partial charge in [0.25, 0.3) is 10.0 Å². The number of aliphatic hydroxyl groups is 1. The highest BCUT2D eigenvalue weighted by Crippen LogP contribution is 2.26. The van der Waals surface area contributed by atoms with Crippen molar-refractivity contribution in [3.05, 3.63) is 52.8 Å². The average Bonchev–Trinajstić information content (AvgIpc) is 2.44. The summed E-state index contributed by atoms with van der Waals surface area (Å²) in [5.74, 6) is -2.08. The molecule has 0 unspecified atom stereocenters. The van der Waals surface area contributed by atoms with Crippen molar-refractivity contribution in [2.75, 3.05) is 17.5 Å². The van der Waals surface area contributed by atoms with Gasteiger partial charge in [-0.3, -0.25) is 9.29 Å². The molecular formula is C13H11BrF2N2O3S. The first-order chi connectivity index (χ1) is 10.4. The van der Waals surface area contributed by atoms with Crippen molar-refractivity contribution in [2.24, 2.45) is 0 Å². The van der Waals surface area contributed by atoms with Gasteiger partial charge in [-0.2, -0.15) is 0 Å². The van der Waals surface area contributed by atoms with E-state index in [-0.39, 0.29) is 12.2 Å². The zero-order valence-electron chi connectivity index (χ0n) is 11.1. The second-order valence-electron chi connectivity index (χ2n) is 4.24. The molecule has 0 bridgehead atoms. The maximum absolute atomic E-state index is 13.8. The van der Waals surface area contributed by atoms with E-state index in [2.05, 4.69) is 20.9 Å². The van der Waals surface area contributed by atoms with Crippen LogP contribution in [-0.2, 0) is 10.0 Å². The van der Waals surface area contributed by atoms with Gasteiger partial charge in [-0.25, -0.2) is 17.2 Å². The van der Waals surface area contributed by atoms with Crippen molar-refractivity contribution in [1.82, 2.24) is 4.98 Å². The largest absolute Gasteiger partial charge is 0.394 e. The number of halogens is 3. The van der Waals surface area contributed by atoms with E-state index < -0.39 is 33.2 Å². The molecule has 0 amide bonds. The van der Waals surface area contributed by atoms with Crippen LogP contribution >= 0.6 is 15.9 Å². The number of pyridine rings is 1. The summed E-state index contributed by atoms with van der Waals surface area (Å²) >= 11 is 3.16. The Hall–Kier alpha value is -1.58. The van der Waals surface area contributed by atoms with Gasteiger partial charge in [-0.05, 0) is 34.1 Å².